The molecule has 2 rings (SSSR count). The van der Waals surface area contributed by atoms with Crippen LogP contribution in [0.15, 0.2) is 6.07 Å². The van der Waals surface area contributed by atoms with E-state index in [9.17, 15) is 4.79 Å². The maximum absolute atomic E-state index is 10.6. The van der Waals surface area contributed by atoms with Gasteiger partial charge in [-0.25, -0.2) is 0 Å². The summed E-state index contributed by atoms with van der Waals surface area (Å²) in [6, 6.07) is 2.01. The summed E-state index contributed by atoms with van der Waals surface area (Å²) in [4.78, 5) is 10.6. The van der Waals surface area contributed by atoms with Gasteiger partial charge in [-0.1, -0.05) is 30.9 Å². The molecule has 4 nitrogen and oxygen atoms in total. The molecule has 1 aromatic heterocycles. The number of aromatic nitrogens is 2. The summed E-state index contributed by atoms with van der Waals surface area (Å²) >= 11 is 6.07. The predicted octanol–water partition coefficient (Wildman–Crippen LogP) is 2.67. The second kappa shape index (κ2) is 4.87. The lowest BCUT2D eigenvalue weighted by molar-refractivity contribution is -0.136. The highest BCUT2D eigenvalue weighted by molar-refractivity contribution is 6.29. The Labute approximate surface area is 99.2 Å². The Kier molecular flexibility index (Phi) is 3.49. The van der Waals surface area contributed by atoms with Gasteiger partial charge in [-0.05, 0) is 18.9 Å². The molecule has 1 aliphatic rings. The van der Waals surface area contributed by atoms with Crippen LogP contribution in [-0.2, 0) is 11.2 Å². The molecule has 88 valence electrons. The Morgan fingerprint density at radius 3 is 2.81 bits per heavy atom. The number of nitrogens with zero attached hydrogens (tertiary/aromatic N) is 2. The third kappa shape index (κ3) is 2.55. The predicted molar refractivity (Wildman–Crippen MR) is 60.7 cm³/mol. The van der Waals surface area contributed by atoms with Crippen LogP contribution in [0, 0.1) is 0 Å². The van der Waals surface area contributed by atoms with E-state index in [4.69, 9.17) is 16.7 Å². The molecule has 0 amide bonds. The summed E-state index contributed by atoms with van der Waals surface area (Å²) in [5.41, 5.74) is 0.545. The maximum Gasteiger partial charge on any atom is 0.309 e. The molecular weight excluding hydrogens is 228 g/mol. The monoisotopic (exact) mass is 242 g/mol. The lowest BCUT2D eigenvalue weighted by atomic mass is 9.96. The van der Waals surface area contributed by atoms with Gasteiger partial charge < -0.3 is 5.11 Å². The van der Waals surface area contributed by atoms with Crippen molar-refractivity contribution in [2.75, 3.05) is 0 Å². The van der Waals surface area contributed by atoms with Gasteiger partial charge >= 0.3 is 5.97 Å². The third-order valence-corrected chi connectivity index (χ3v) is 3.28. The zero-order valence-corrected chi connectivity index (χ0v) is 9.78. The van der Waals surface area contributed by atoms with E-state index in [1.54, 1.807) is 10.7 Å². The first kappa shape index (κ1) is 11.5. The molecule has 5 heteroatoms. The molecule has 1 aliphatic carbocycles. The fourth-order valence-electron chi connectivity index (χ4n) is 2.24. The van der Waals surface area contributed by atoms with E-state index in [1.807, 2.05) is 0 Å². The molecule has 0 radical (unpaired) electrons. The van der Waals surface area contributed by atoms with Crippen molar-refractivity contribution in [1.82, 2.24) is 9.78 Å². The van der Waals surface area contributed by atoms with Crippen molar-refractivity contribution in [3.05, 3.63) is 16.9 Å². The van der Waals surface area contributed by atoms with Crippen LogP contribution in [0.2, 0.25) is 5.15 Å². The maximum atomic E-state index is 10.6. The smallest absolute Gasteiger partial charge is 0.309 e. The van der Waals surface area contributed by atoms with Gasteiger partial charge in [0.15, 0.2) is 0 Å². The van der Waals surface area contributed by atoms with Gasteiger partial charge in [-0.2, -0.15) is 5.10 Å². The Morgan fingerprint density at radius 2 is 2.19 bits per heavy atom. The summed E-state index contributed by atoms with van der Waals surface area (Å²) in [5, 5.41) is 13.5. The van der Waals surface area contributed by atoms with E-state index in [1.165, 1.54) is 19.3 Å². The second-order valence-corrected chi connectivity index (χ2v) is 4.65. The van der Waals surface area contributed by atoms with Crippen LogP contribution in [0.1, 0.15) is 43.8 Å². The summed E-state index contributed by atoms with van der Waals surface area (Å²) in [6.07, 6.45) is 5.81. The normalized spacial score (nSPS) is 17.6. The fourth-order valence-corrected chi connectivity index (χ4v) is 2.54. The topological polar surface area (TPSA) is 55.1 Å². The van der Waals surface area contributed by atoms with Crippen molar-refractivity contribution in [1.29, 1.82) is 0 Å². The number of hydrogen-bond donors (Lipinski definition) is 1. The number of hydrogen-bond acceptors (Lipinski definition) is 2. The van der Waals surface area contributed by atoms with Crippen molar-refractivity contribution >= 4 is 17.6 Å². The second-order valence-electron chi connectivity index (χ2n) is 4.27. The average molecular weight is 243 g/mol. The summed E-state index contributed by atoms with van der Waals surface area (Å²) in [5.74, 6) is -0.870. The average Bonchev–Trinajstić information content (AvgIpc) is 2.60. The highest BCUT2D eigenvalue weighted by Gasteiger charge is 2.19. The highest BCUT2D eigenvalue weighted by atomic mass is 35.5. The molecule has 0 aromatic carbocycles. The number of carboxylic acid groups (broad SMARTS) is 1. The highest BCUT2D eigenvalue weighted by Crippen LogP contribution is 2.30. The Balaban J connectivity index is 2.13. The van der Waals surface area contributed by atoms with Crippen LogP contribution in [0.25, 0.3) is 0 Å². The summed E-state index contributed by atoms with van der Waals surface area (Å²) in [7, 11) is 0. The molecule has 1 saturated carbocycles. The number of rotatable bonds is 3. The number of carbonyl (C=O) groups is 1. The summed E-state index contributed by atoms with van der Waals surface area (Å²) in [6.45, 7) is 0. The number of aliphatic carboxylic acids is 1. The standard InChI is InChI=1S/C11H15ClN2O2/c12-10-6-8(7-11(15)16)13-14(10)9-4-2-1-3-5-9/h6,9H,1-5,7H2,(H,15,16). The Morgan fingerprint density at radius 1 is 1.50 bits per heavy atom. The lowest BCUT2D eigenvalue weighted by Gasteiger charge is -2.22. The minimum atomic E-state index is -0.870. The zero-order chi connectivity index (χ0) is 11.5. The Bertz CT molecular complexity index is 383. The van der Waals surface area contributed by atoms with E-state index in [0.29, 0.717) is 16.9 Å². The van der Waals surface area contributed by atoms with Crippen molar-refractivity contribution in [3.63, 3.8) is 0 Å². The molecule has 1 fully saturated rings. The molecule has 0 aliphatic heterocycles. The van der Waals surface area contributed by atoms with Crippen LogP contribution in [0.3, 0.4) is 0 Å². The van der Waals surface area contributed by atoms with Gasteiger partial charge in [-0.15, -0.1) is 0 Å². The minimum absolute atomic E-state index is 0.0561. The van der Waals surface area contributed by atoms with Gasteiger partial charge in [-0.3, -0.25) is 9.48 Å². The van der Waals surface area contributed by atoms with Crippen LogP contribution >= 0.6 is 11.6 Å². The molecule has 1 heterocycles. The van der Waals surface area contributed by atoms with E-state index < -0.39 is 5.97 Å². The minimum Gasteiger partial charge on any atom is -0.481 e. The van der Waals surface area contributed by atoms with Crippen LogP contribution in [0.4, 0.5) is 0 Å². The molecule has 0 bridgehead atoms. The van der Waals surface area contributed by atoms with Crippen molar-refractivity contribution < 1.29 is 9.90 Å². The van der Waals surface area contributed by atoms with Crippen molar-refractivity contribution in [2.24, 2.45) is 0 Å². The molecule has 0 spiro atoms. The quantitative estimate of drug-likeness (QED) is 0.887. The van der Waals surface area contributed by atoms with E-state index >= 15 is 0 Å². The SMILES string of the molecule is O=C(O)Cc1cc(Cl)n(C2CCCCC2)n1. The molecule has 16 heavy (non-hydrogen) atoms. The van der Waals surface area contributed by atoms with E-state index in [2.05, 4.69) is 5.10 Å². The zero-order valence-electron chi connectivity index (χ0n) is 9.03. The van der Waals surface area contributed by atoms with Crippen LogP contribution in [0.5, 0.6) is 0 Å². The fraction of sp³-hybridized carbons (Fsp3) is 0.636. The lowest BCUT2D eigenvalue weighted by Crippen LogP contribution is -2.14. The first-order valence-electron chi connectivity index (χ1n) is 5.62. The van der Waals surface area contributed by atoms with Gasteiger partial charge in [0.1, 0.15) is 5.15 Å². The molecule has 0 unspecified atom stereocenters. The van der Waals surface area contributed by atoms with Crippen LogP contribution < -0.4 is 0 Å². The largest absolute Gasteiger partial charge is 0.481 e. The molecule has 0 atom stereocenters. The van der Waals surface area contributed by atoms with E-state index in [0.717, 1.165) is 12.8 Å². The third-order valence-electron chi connectivity index (χ3n) is 2.99. The van der Waals surface area contributed by atoms with E-state index in [-0.39, 0.29) is 6.42 Å². The first-order valence-corrected chi connectivity index (χ1v) is 6.00. The molecule has 0 saturated heterocycles. The van der Waals surface area contributed by atoms with Gasteiger partial charge in [0.05, 0.1) is 18.2 Å². The van der Waals surface area contributed by atoms with Crippen molar-refractivity contribution in [3.8, 4) is 0 Å². The first-order chi connectivity index (χ1) is 7.66. The summed E-state index contributed by atoms with van der Waals surface area (Å²) < 4.78 is 1.79. The van der Waals surface area contributed by atoms with Gasteiger partial charge in [0.25, 0.3) is 0 Å². The molecular formula is C11H15ClN2O2. The van der Waals surface area contributed by atoms with Crippen molar-refractivity contribution in [2.45, 2.75) is 44.6 Å². The molecule has 1 aromatic rings. The number of carboxylic acids is 1. The van der Waals surface area contributed by atoms with Gasteiger partial charge in [0.2, 0.25) is 0 Å². The van der Waals surface area contributed by atoms with Crippen LogP contribution in [-0.4, -0.2) is 20.9 Å². The van der Waals surface area contributed by atoms with Gasteiger partial charge in [0, 0.05) is 0 Å². The number of halogens is 1. The Hall–Kier alpha value is -1.03. The molecule has 1 N–H and O–H groups in total.